The largest absolute Gasteiger partial charge is 0.508 e. The Bertz CT molecular complexity index is 488. The number of benzene rings is 1. The Balaban J connectivity index is 1.90. The number of carbonyl (C=O) groups excluding carboxylic acids is 1. The predicted molar refractivity (Wildman–Crippen MR) is 104 cm³/mol. The maximum Gasteiger partial charge on any atom is 0.338 e. The minimum atomic E-state index is -0.434. The number of unbranched alkanes of at least 4 members (excludes halogenated alkanes) is 1. The van der Waals surface area contributed by atoms with E-state index in [0.717, 1.165) is 13.0 Å². The van der Waals surface area contributed by atoms with Crippen molar-refractivity contribution in [3.05, 3.63) is 29.8 Å². The van der Waals surface area contributed by atoms with Crippen LogP contribution in [0.4, 0.5) is 0 Å². The number of aromatic hydroxyl groups is 1. The lowest BCUT2D eigenvalue weighted by Gasteiger charge is -2.14. The van der Waals surface area contributed by atoms with Crippen LogP contribution in [0.2, 0.25) is 0 Å². The van der Waals surface area contributed by atoms with Gasteiger partial charge < -0.3 is 24.1 Å². The summed E-state index contributed by atoms with van der Waals surface area (Å²) in [7, 11) is 0. The second-order valence-electron chi connectivity index (χ2n) is 6.40. The number of hydrogen-bond acceptors (Lipinski definition) is 6. The van der Waals surface area contributed by atoms with Crippen LogP contribution in [0.5, 0.6) is 5.75 Å². The molecule has 0 aliphatic carbocycles. The number of esters is 1. The van der Waals surface area contributed by atoms with Gasteiger partial charge in [0, 0.05) is 6.61 Å². The van der Waals surface area contributed by atoms with E-state index in [4.69, 9.17) is 18.9 Å². The fourth-order valence-corrected chi connectivity index (χ4v) is 2.46. The molecule has 0 amide bonds. The number of rotatable bonds is 16. The van der Waals surface area contributed by atoms with Crippen LogP contribution in [0.1, 0.15) is 49.9 Å². The third-order valence-corrected chi connectivity index (χ3v) is 4.20. The molecule has 27 heavy (non-hydrogen) atoms. The summed E-state index contributed by atoms with van der Waals surface area (Å²) in [5, 5.41) is 9.18. The second kappa shape index (κ2) is 15.4. The molecule has 6 nitrogen and oxygen atoms in total. The van der Waals surface area contributed by atoms with Crippen LogP contribution in [-0.2, 0) is 18.9 Å². The van der Waals surface area contributed by atoms with Crippen LogP contribution in [0.3, 0.4) is 0 Å². The highest BCUT2D eigenvalue weighted by Gasteiger charge is 2.07. The van der Waals surface area contributed by atoms with Crippen molar-refractivity contribution in [2.45, 2.75) is 39.5 Å². The summed E-state index contributed by atoms with van der Waals surface area (Å²) < 4.78 is 21.6. The van der Waals surface area contributed by atoms with Gasteiger partial charge in [0.25, 0.3) is 0 Å². The van der Waals surface area contributed by atoms with Gasteiger partial charge in [0.15, 0.2) is 0 Å². The first-order valence-corrected chi connectivity index (χ1v) is 9.86. The fourth-order valence-electron chi connectivity index (χ4n) is 2.46. The number of carbonyl (C=O) groups is 1. The van der Waals surface area contributed by atoms with Crippen LogP contribution in [-0.4, -0.2) is 57.3 Å². The van der Waals surface area contributed by atoms with Crippen molar-refractivity contribution in [1.29, 1.82) is 0 Å². The van der Waals surface area contributed by atoms with Crippen LogP contribution in [0.15, 0.2) is 24.3 Å². The Morgan fingerprint density at radius 2 is 1.52 bits per heavy atom. The van der Waals surface area contributed by atoms with E-state index < -0.39 is 5.97 Å². The van der Waals surface area contributed by atoms with Gasteiger partial charge in [-0.1, -0.05) is 33.1 Å². The minimum Gasteiger partial charge on any atom is -0.508 e. The van der Waals surface area contributed by atoms with E-state index in [1.807, 2.05) is 0 Å². The maximum atomic E-state index is 11.7. The van der Waals surface area contributed by atoms with E-state index in [2.05, 4.69) is 13.8 Å². The molecule has 154 valence electrons. The fraction of sp³-hybridized carbons (Fsp3) is 0.667. The van der Waals surface area contributed by atoms with Crippen LogP contribution < -0.4 is 0 Å². The van der Waals surface area contributed by atoms with Crippen molar-refractivity contribution in [2.75, 3.05) is 46.2 Å². The predicted octanol–water partition coefficient (Wildman–Crippen LogP) is 3.82. The van der Waals surface area contributed by atoms with E-state index in [1.54, 1.807) is 0 Å². The van der Waals surface area contributed by atoms with Crippen molar-refractivity contribution in [1.82, 2.24) is 0 Å². The highest BCUT2D eigenvalue weighted by Crippen LogP contribution is 2.12. The first kappa shape index (κ1) is 23.4. The van der Waals surface area contributed by atoms with Crippen molar-refractivity contribution in [3.63, 3.8) is 0 Å². The molecule has 0 bridgehead atoms. The van der Waals surface area contributed by atoms with E-state index in [9.17, 15) is 9.90 Å². The van der Waals surface area contributed by atoms with E-state index in [-0.39, 0.29) is 12.4 Å². The third kappa shape index (κ3) is 11.6. The number of ether oxygens (including phenoxy) is 4. The van der Waals surface area contributed by atoms with Gasteiger partial charge in [-0.15, -0.1) is 0 Å². The normalized spacial score (nSPS) is 12.1. The van der Waals surface area contributed by atoms with Crippen molar-refractivity contribution in [3.8, 4) is 5.75 Å². The van der Waals surface area contributed by atoms with Crippen molar-refractivity contribution in [2.24, 2.45) is 5.92 Å². The molecule has 0 spiro atoms. The van der Waals surface area contributed by atoms with E-state index >= 15 is 0 Å². The van der Waals surface area contributed by atoms with Gasteiger partial charge in [-0.3, -0.25) is 0 Å². The van der Waals surface area contributed by atoms with Gasteiger partial charge in [-0.05, 0) is 36.6 Å². The lowest BCUT2D eigenvalue weighted by atomic mass is 10.0. The molecule has 0 radical (unpaired) electrons. The summed E-state index contributed by atoms with van der Waals surface area (Å²) in [6.07, 6.45) is 4.89. The summed E-state index contributed by atoms with van der Waals surface area (Å²) in [6.45, 7) is 7.83. The molecule has 0 saturated carbocycles. The van der Waals surface area contributed by atoms with Crippen LogP contribution >= 0.6 is 0 Å². The summed E-state index contributed by atoms with van der Waals surface area (Å²) in [5.41, 5.74) is 0.399. The number of phenolic OH excluding ortho intramolecular Hbond substituents is 1. The Morgan fingerprint density at radius 3 is 2.11 bits per heavy atom. The molecule has 1 rings (SSSR count). The standard InChI is InChI=1S/C21H34O6/c1-3-5-6-18(4-2)17-26-14-13-24-11-12-25-15-16-27-21(23)19-7-9-20(22)10-8-19/h7-10,18,22H,3-6,11-17H2,1-2H3. The third-order valence-electron chi connectivity index (χ3n) is 4.20. The Hall–Kier alpha value is -1.63. The summed E-state index contributed by atoms with van der Waals surface area (Å²) in [5.74, 6) is 0.329. The SMILES string of the molecule is CCCCC(CC)COCCOCCOCCOC(=O)c1ccc(O)cc1. The lowest BCUT2D eigenvalue weighted by Crippen LogP contribution is -2.15. The summed E-state index contributed by atoms with van der Waals surface area (Å²) in [6, 6.07) is 5.92. The van der Waals surface area contributed by atoms with Gasteiger partial charge in [-0.25, -0.2) is 4.79 Å². The molecule has 1 N–H and O–H groups in total. The van der Waals surface area contributed by atoms with Crippen LogP contribution in [0.25, 0.3) is 0 Å². The molecule has 6 heteroatoms. The zero-order valence-corrected chi connectivity index (χ0v) is 16.7. The van der Waals surface area contributed by atoms with Crippen LogP contribution in [0, 0.1) is 5.92 Å². The molecule has 0 aliphatic heterocycles. The van der Waals surface area contributed by atoms with Gasteiger partial charge >= 0.3 is 5.97 Å². The van der Waals surface area contributed by atoms with E-state index in [0.29, 0.717) is 44.5 Å². The molecule has 1 aromatic rings. The Kier molecular flexibility index (Phi) is 13.4. The Morgan fingerprint density at radius 1 is 0.926 bits per heavy atom. The van der Waals surface area contributed by atoms with Gasteiger partial charge in [-0.2, -0.15) is 0 Å². The van der Waals surface area contributed by atoms with Gasteiger partial charge in [0.05, 0.1) is 38.6 Å². The molecular formula is C21H34O6. The molecule has 1 aromatic carbocycles. The molecule has 0 saturated heterocycles. The quantitative estimate of drug-likeness (QED) is 0.346. The topological polar surface area (TPSA) is 74.2 Å². The highest BCUT2D eigenvalue weighted by molar-refractivity contribution is 5.89. The molecule has 0 aromatic heterocycles. The number of hydrogen-bond donors (Lipinski definition) is 1. The van der Waals surface area contributed by atoms with Gasteiger partial charge in [0.2, 0.25) is 0 Å². The van der Waals surface area contributed by atoms with Crippen molar-refractivity contribution >= 4 is 5.97 Å². The average Bonchev–Trinajstić information content (AvgIpc) is 2.68. The smallest absolute Gasteiger partial charge is 0.338 e. The molecule has 0 fully saturated rings. The maximum absolute atomic E-state index is 11.7. The zero-order chi connectivity index (χ0) is 19.7. The van der Waals surface area contributed by atoms with Crippen molar-refractivity contribution < 1.29 is 28.8 Å². The summed E-state index contributed by atoms with van der Waals surface area (Å²) >= 11 is 0. The average molecular weight is 382 g/mol. The lowest BCUT2D eigenvalue weighted by molar-refractivity contribution is -0.00420. The van der Waals surface area contributed by atoms with Gasteiger partial charge in [0.1, 0.15) is 12.4 Å². The zero-order valence-electron chi connectivity index (χ0n) is 16.7. The molecular weight excluding hydrogens is 348 g/mol. The number of phenols is 1. The molecule has 1 unspecified atom stereocenters. The minimum absolute atomic E-state index is 0.113. The second-order valence-corrected chi connectivity index (χ2v) is 6.40. The monoisotopic (exact) mass is 382 g/mol. The molecule has 0 aliphatic rings. The first-order chi connectivity index (χ1) is 13.2. The molecule has 0 heterocycles. The van der Waals surface area contributed by atoms with E-state index in [1.165, 1.54) is 43.5 Å². The summed E-state index contributed by atoms with van der Waals surface area (Å²) in [4.78, 5) is 11.7. The highest BCUT2D eigenvalue weighted by atomic mass is 16.6. The first-order valence-electron chi connectivity index (χ1n) is 9.86. The Labute approximate surface area is 162 Å². The molecule has 1 atom stereocenters.